The summed E-state index contributed by atoms with van der Waals surface area (Å²) in [4.78, 5) is 13.1. The highest BCUT2D eigenvalue weighted by atomic mass is 16.6. The number of hydrogen-bond donors (Lipinski definition) is 3. The predicted octanol–water partition coefficient (Wildman–Crippen LogP) is 5.68. The van der Waals surface area contributed by atoms with Gasteiger partial charge in [0.15, 0.2) is 5.60 Å². The number of fused-ring (bicyclic) bond motifs is 8. The lowest BCUT2D eigenvalue weighted by molar-refractivity contribution is 0.0225. The molecular formula is C28H16O6. The minimum atomic E-state index is -1.29. The second-order valence-electron chi connectivity index (χ2n) is 8.66. The van der Waals surface area contributed by atoms with Gasteiger partial charge in [-0.2, -0.15) is 0 Å². The topological polar surface area (TPSA) is 96.2 Å². The summed E-state index contributed by atoms with van der Waals surface area (Å²) in [6.07, 6.45) is 0. The van der Waals surface area contributed by atoms with E-state index in [0.717, 1.165) is 21.5 Å². The molecule has 3 N–H and O–H groups in total. The van der Waals surface area contributed by atoms with Crippen LogP contribution in [0.2, 0.25) is 0 Å². The fraction of sp³-hybridized carbons (Fsp3) is 0.0357. The van der Waals surface area contributed by atoms with E-state index in [0.29, 0.717) is 28.2 Å². The van der Waals surface area contributed by atoms with Crippen LogP contribution in [0.4, 0.5) is 0 Å². The van der Waals surface area contributed by atoms with E-state index >= 15 is 0 Å². The molecule has 0 aliphatic carbocycles. The van der Waals surface area contributed by atoms with Crippen LogP contribution in [0.3, 0.4) is 0 Å². The first-order valence-corrected chi connectivity index (χ1v) is 10.7. The third-order valence-electron chi connectivity index (χ3n) is 6.67. The van der Waals surface area contributed by atoms with Crippen LogP contribution in [0.15, 0.2) is 78.9 Å². The molecule has 0 atom stereocenters. The first kappa shape index (κ1) is 18.8. The lowest BCUT2D eigenvalue weighted by Crippen LogP contribution is -2.33. The standard InChI is InChI=1S/C28H16O6/c29-18-3-1-14-9-23-25(11-16(14)7-18)33-26-12-17-8-19(30)4-2-15(17)10-24(26)28(23)22-6-5-20(31)13-21(22)27(32)34-28/h1-13,29-31H. The van der Waals surface area contributed by atoms with Crippen molar-refractivity contribution in [3.63, 3.8) is 0 Å². The van der Waals surface area contributed by atoms with Gasteiger partial charge in [-0.05, 0) is 88.3 Å². The summed E-state index contributed by atoms with van der Waals surface area (Å²) in [5.41, 5.74) is 0.900. The fourth-order valence-electron chi connectivity index (χ4n) is 5.17. The number of phenols is 3. The average Bonchev–Trinajstić information content (AvgIpc) is 3.09. The number of aromatic hydroxyl groups is 3. The third-order valence-corrected chi connectivity index (χ3v) is 6.67. The van der Waals surface area contributed by atoms with Crippen molar-refractivity contribution in [3.8, 4) is 28.7 Å². The summed E-state index contributed by atoms with van der Waals surface area (Å²) in [6.45, 7) is 0. The molecule has 0 saturated heterocycles. The summed E-state index contributed by atoms with van der Waals surface area (Å²) in [7, 11) is 0. The fourth-order valence-corrected chi connectivity index (χ4v) is 5.17. The van der Waals surface area contributed by atoms with Crippen molar-refractivity contribution in [2.24, 2.45) is 0 Å². The highest BCUT2D eigenvalue weighted by molar-refractivity contribution is 5.99. The Morgan fingerprint density at radius 1 is 0.559 bits per heavy atom. The first-order chi connectivity index (χ1) is 16.4. The van der Waals surface area contributed by atoms with E-state index in [-0.39, 0.29) is 22.8 Å². The quantitative estimate of drug-likeness (QED) is 0.264. The van der Waals surface area contributed by atoms with Crippen LogP contribution >= 0.6 is 0 Å². The van der Waals surface area contributed by atoms with E-state index in [1.807, 2.05) is 24.3 Å². The molecule has 0 aromatic heterocycles. The van der Waals surface area contributed by atoms with Crippen molar-refractivity contribution in [1.82, 2.24) is 0 Å². The molecule has 0 fully saturated rings. The lowest BCUT2D eigenvalue weighted by Gasteiger charge is -2.37. The van der Waals surface area contributed by atoms with Crippen LogP contribution < -0.4 is 4.74 Å². The Hall–Kier alpha value is -4.71. The summed E-state index contributed by atoms with van der Waals surface area (Å²) >= 11 is 0. The second kappa shape index (κ2) is 6.20. The van der Waals surface area contributed by atoms with Crippen LogP contribution in [0.5, 0.6) is 28.7 Å². The van der Waals surface area contributed by atoms with Crippen molar-refractivity contribution in [2.45, 2.75) is 5.60 Å². The normalized spacial score (nSPS) is 15.0. The van der Waals surface area contributed by atoms with Crippen LogP contribution in [-0.4, -0.2) is 21.3 Å². The third kappa shape index (κ3) is 2.37. The van der Waals surface area contributed by atoms with Crippen LogP contribution in [-0.2, 0) is 10.3 Å². The maximum atomic E-state index is 13.1. The maximum Gasteiger partial charge on any atom is 0.340 e. The van der Waals surface area contributed by atoms with E-state index in [1.54, 1.807) is 42.5 Å². The number of hydrogen-bond acceptors (Lipinski definition) is 6. The summed E-state index contributed by atoms with van der Waals surface area (Å²) < 4.78 is 12.5. The van der Waals surface area contributed by atoms with Gasteiger partial charge in [0, 0.05) is 16.7 Å². The minimum Gasteiger partial charge on any atom is -0.508 e. The molecule has 6 heteroatoms. The monoisotopic (exact) mass is 448 g/mol. The van der Waals surface area contributed by atoms with E-state index < -0.39 is 11.6 Å². The van der Waals surface area contributed by atoms with Crippen LogP contribution in [0, 0.1) is 0 Å². The highest BCUT2D eigenvalue weighted by Gasteiger charge is 2.53. The molecule has 164 valence electrons. The Morgan fingerprint density at radius 2 is 1.09 bits per heavy atom. The molecule has 2 heterocycles. The van der Waals surface area contributed by atoms with Gasteiger partial charge in [-0.1, -0.05) is 12.1 Å². The largest absolute Gasteiger partial charge is 0.508 e. The molecule has 0 unspecified atom stereocenters. The Morgan fingerprint density at radius 3 is 1.68 bits per heavy atom. The number of esters is 1. The van der Waals surface area contributed by atoms with Gasteiger partial charge in [0.05, 0.1) is 5.56 Å². The van der Waals surface area contributed by atoms with E-state index in [1.165, 1.54) is 12.1 Å². The highest BCUT2D eigenvalue weighted by Crippen LogP contribution is 2.57. The van der Waals surface area contributed by atoms with Crippen molar-refractivity contribution in [3.05, 3.63) is 101 Å². The molecule has 0 radical (unpaired) electrons. The Bertz CT molecular complexity index is 1630. The van der Waals surface area contributed by atoms with Gasteiger partial charge < -0.3 is 24.8 Å². The number of ether oxygens (including phenoxy) is 2. The van der Waals surface area contributed by atoms with Gasteiger partial charge in [0.1, 0.15) is 28.7 Å². The van der Waals surface area contributed by atoms with E-state index in [2.05, 4.69) is 0 Å². The van der Waals surface area contributed by atoms with Gasteiger partial charge in [-0.3, -0.25) is 0 Å². The molecule has 1 spiro atoms. The summed E-state index contributed by atoms with van der Waals surface area (Å²) in [5, 5.41) is 33.2. The predicted molar refractivity (Wildman–Crippen MR) is 125 cm³/mol. The van der Waals surface area contributed by atoms with Crippen molar-refractivity contribution in [2.75, 3.05) is 0 Å². The van der Waals surface area contributed by atoms with Gasteiger partial charge in [-0.25, -0.2) is 4.79 Å². The molecule has 34 heavy (non-hydrogen) atoms. The summed E-state index contributed by atoms with van der Waals surface area (Å²) in [5.74, 6) is 0.670. The molecule has 5 aromatic rings. The molecule has 7 rings (SSSR count). The van der Waals surface area contributed by atoms with Crippen molar-refractivity contribution in [1.29, 1.82) is 0 Å². The lowest BCUT2D eigenvalue weighted by atomic mass is 9.76. The molecule has 0 saturated carbocycles. The van der Waals surface area contributed by atoms with Crippen molar-refractivity contribution < 1.29 is 29.6 Å². The minimum absolute atomic E-state index is 0.0248. The molecular weight excluding hydrogens is 432 g/mol. The van der Waals surface area contributed by atoms with Gasteiger partial charge >= 0.3 is 5.97 Å². The zero-order valence-corrected chi connectivity index (χ0v) is 17.6. The molecule has 0 amide bonds. The Kier molecular flexibility index (Phi) is 3.43. The Labute approximate surface area is 192 Å². The number of rotatable bonds is 0. The SMILES string of the molecule is O=C1OC2(c3cc4ccc(O)cc4cc3Oc3cc4cc(O)ccc4cc32)c2ccc(O)cc21. The van der Waals surface area contributed by atoms with Crippen LogP contribution in [0.25, 0.3) is 21.5 Å². The molecule has 0 bridgehead atoms. The average molecular weight is 448 g/mol. The molecule has 5 aromatic carbocycles. The van der Waals surface area contributed by atoms with E-state index in [4.69, 9.17) is 9.47 Å². The zero-order chi connectivity index (χ0) is 23.2. The second-order valence-corrected chi connectivity index (χ2v) is 8.66. The van der Waals surface area contributed by atoms with Gasteiger partial charge in [0.25, 0.3) is 0 Å². The number of carbonyl (C=O) groups excluding carboxylic acids is 1. The zero-order valence-electron chi connectivity index (χ0n) is 17.6. The van der Waals surface area contributed by atoms with Crippen LogP contribution in [0.1, 0.15) is 27.0 Å². The Balaban J connectivity index is 1.62. The molecule has 2 aliphatic heterocycles. The van der Waals surface area contributed by atoms with E-state index in [9.17, 15) is 20.1 Å². The van der Waals surface area contributed by atoms with Crippen molar-refractivity contribution >= 4 is 27.5 Å². The first-order valence-electron chi connectivity index (χ1n) is 10.7. The number of benzene rings is 5. The number of phenolic OH excluding ortho intramolecular Hbond substituents is 3. The maximum absolute atomic E-state index is 13.1. The summed E-state index contributed by atoms with van der Waals surface area (Å²) in [6, 6.07) is 22.2. The van der Waals surface area contributed by atoms with Gasteiger partial charge in [-0.15, -0.1) is 0 Å². The molecule has 6 nitrogen and oxygen atoms in total. The number of carbonyl (C=O) groups is 1. The van der Waals surface area contributed by atoms with Gasteiger partial charge in [0.2, 0.25) is 0 Å². The molecule has 2 aliphatic rings. The smallest absolute Gasteiger partial charge is 0.340 e.